The number of hydrogen-bond acceptors (Lipinski definition) is 4. The number of aryl methyl sites for hydroxylation is 1. The number of benzene rings is 4. The number of unbranched alkanes of at least 4 members (excludes halogenated alkanes) is 1. The van der Waals surface area contributed by atoms with Gasteiger partial charge in [-0.25, -0.2) is 8.42 Å². The molecular formula is C34H39N3O4S. The third-order valence-electron chi connectivity index (χ3n) is 7.29. The van der Waals surface area contributed by atoms with Crippen LogP contribution in [0.1, 0.15) is 36.5 Å². The number of hydrogen-bond donors (Lipinski definition) is 1. The number of fused-ring (bicyclic) bond motifs is 1. The molecule has 0 spiro atoms. The summed E-state index contributed by atoms with van der Waals surface area (Å²) in [5.41, 5.74) is 3.26. The van der Waals surface area contributed by atoms with Gasteiger partial charge in [0, 0.05) is 24.9 Å². The fraction of sp³-hybridized carbons (Fsp3) is 0.294. The Labute approximate surface area is 249 Å². The van der Waals surface area contributed by atoms with Crippen molar-refractivity contribution < 1.29 is 18.0 Å². The molecule has 0 radical (unpaired) electrons. The molecule has 0 heterocycles. The van der Waals surface area contributed by atoms with Crippen LogP contribution in [0.25, 0.3) is 10.8 Å². The van der Waals surface area contributed by atoms with E-state index in [-0.39, 0.29) is 12.5 Å². The first-order valence-corrected chi connectivity index (χ1v) is 16.1. The third kappa shape index (κ3) is 7.97. The Balaban J connectivity index is 1.76. The van der Waals surface area contributed by atoms with Gasteiger partial charge in [0.05, 0.1) is 11.9 Å². The molecule has 8 heteroatoms. The van der Waals surface area contributed by atoms with Gasteiger partial charge in [0.2, 0.25) is 21.8 Å². The SMILES string of the molecule is CCCCNC(=O)[C@H](Cc1ccccc1)N(Cc1ccc(C)cc1)C(=O)CN(c1cccc2ccccc12)S(C)(=O)=O. The largest absolute Gasteiger partial charge is 0.354 e. The van der Waals surface area contributed by atoms with Crippen LogP contribution in [0.15, 0.2) is 97.1 Å². The topological polar surface area (TPSA) is 86.8 Å². The number of nitrogens with zero attached hydrogens (tertiary/aromatic N) is 2. The molecule has 4 aromatic rings. The highest BCUT2D eigenvalue weighted by Crippen LogP contribution is 2.29. The quantitative estimate of drug-likeness (QED) is 0.211. The summed E-state index contributed by atoms with van der Waals surface area (Å²) in [7, 11) is -3.85. The lowest BCUT2D eigenvalue weighted by Crippen LogP contribution is -2.53. The number of amides is 2. The molecule has 42 heavy (non-hydrogen) atoms. The Kier molecular flexibility index (Phi) is 10.4. The van der Waals surface area contributed by atoms with E-state index in [0.717, 1.165) is 50.9 Å². The minimum atomic E-state index is -3.85. The van der Waals surface area contributed by atoms with Gasteiger partial charge in [-0.2, -0.15) is 0 Å². The number of sulfonamides is 1. The Morgan fingerprint density at radius 1 is 0.833 bits per heavy atom. The standard InChI is InChI=1S/C34H39N3O4S/c1-4-5-22-35-34(39)32(23-27-12-7-6-8-13-27)36(24-28-20-18-26(2)19-21-28)33(38)25-37(42(3,40)41)31-17-11-15-29-14-9-10-16-30(29)31/h6-21,32H,4-5,22-25H2,1-3H3,(H,35,39)/t32-/m0/s1. The second-order valence-electron chi connectivity index (χ2n) is 10.6. The molecule has 220 valence electrons. The molecule has 0 aromatic heterocycles. The Bertz CT molecular complexity index is 1600. The van der Waals surface area contributed by atoms with Crippen molar-refractivity contribution in [3.05, 3.63) is 114 Å². The second-order valence-corrected chi connectivity index (χ2v) is 12.5. The van der Waals surface area contributed by atoms with Crippen molar-refractivity contribution in [2.24, 2.45) is 0 Å². The summed E-state index contributed by atoms with van der Waals surface area (Å²) in [6.07, 6.45) is 3.14. The lowest BCUT2D eigenvalue weighted by atomic mass is 10.0. The van der Waals surface area contributed by atoms with Crippen molar-refractivity contribution in [3.8, 4) is 0 Å². The molecule has 0 aliphatic rings. The molecule has 0 saturated carbocycles. The Morgan fingerprint density at radius 3 is 2.19 bits per heavy atom. The molecule has 0 aliphatic carbocycles. The molecule has 0 unspecified atom stereocenters. The van der Waals surface area contributed by atoms with Crippen molar-refractivity contribution in [1.29, 1.82) is 0 Å². The number of nitrogens with one attached hydrogen (secondary N) is 1. The maximum Gasteiger partial charge on any atom is 0.244 e. The third-order valence-corrected chi connectivity index (χ3v) is 8.42. The maximum atomic E-state index is 14.3. The molecule has 0 bridgehead atoms. The first-order chi connectivity index (χ1) is 20.2. The highest BCUT2D eigenvalue weighted by molar-refractivity contribution is 7.92. The number of rotatable bonds is 13. The van der Waals surface area contributed by atoms with Crippen LogP contribution in [0.3, 0.4) is 0 Å². The fourth-order valence-corrected chi connectivity index (χ4v) is 5.83. The van der Waals surface area contributed by atoms with Crippen LogP contribution in [0.5, 0.6) is 0 Å². The first kappa shape index (κ1) is 30.8. The van der Waals surface area contributed by atoms with Crippen molar-refractivity contribution in [1.82, 2.24) is 10.2 Å². The van der Waals surface area contributed by atoms with E-state index < -0.39 is 28.5 Å². The van der Waals surface area contributed by atoms with Gasteiger partial charge in [-0.3, -0.25) is 13.9 Å². The first-order valence-electron chi connectivity index (χ1n) is 14.3. The van der Waals surface area contributed by atoms with Gasteiger partial charge in [0.25, 0.3) is 0 Å². The van der Waals surface area contributed by atoms with E-state index in [2.05, 4.69) is 5.32 Å². The molecule has 4 aromatic carbocycles. The van der Waals surface area contributed by atoms with Crippen molar-refractivity contribution in [2.75, 3.05) is 23.7 Å². The minimum Gasteiger partial charge on any atom is -0.354 e. The minimum absolute atomic E-state index is 0.158. The molecule has 4 rings (SSSR count). The molecule has 1 atom stereocenters. The number of anilines is 1. The zero-order valence-corrected chi connectivity index (χ0v) is 25.3. The van der Waals surface area contributed by atoms with E-state index >= 15 is 0 Å². The molecule has 0 aliphatic heterocycles. The average molecular weight is 586 g/mol. The summed E-state index contributed by atoms with van der Waals surface area (Å²) >= 11 is 0. The molecular weight excluding hydrogens is 546 g/mol. The van der Waals surface area contributed by atoms with E-state index in [1.807, 2.05) is 98.8 Å². The van der Waals surface area contributed by atoms with Gasteiger partial charge < -0.3 is 10.2 Å². The van der Waals surface area contributed by atoms with Gasteiger partial charge in [0.15, 0.2) is 0 Å². The Hall–Kier alpha value is -4.17. The van der Waals surface area contributed by atoms with Crippen molar-refractivity contribution in [2.45, 2.75) is 45.7 Å². The summed E-state index contributed by atoms with van der Waals surface area (Å²) in [6.45, 7) is 4.25. The highest BCUT2D eigenvalue weighted by Gasteiger charge is 2.33. The van der Waals surface area contributed by atoms with Crippen LogP contribution in [-0.4, -0.2) is 50.5 Å². The normalized spacial score (nSPS) is 12.1. The van der Waals surface area contributed by atoms with Crippen LogP contribution < -0.4 is 9.62 Å². The molecule has 7 nitrogen and oxygen atoms in total. The van der Waals surface area contributed by atoms with Crippen LogP contribution in [0.2, 0.25) is 0 Å². The predicted octanol–water partition coefficient (Wildman–Crippen LogP) is 5.47. The molecule has 2 amide bonds. The van der Waals surface area contributed by atoms with E-state index in [0.29, 0.717) is 18.7 Å². The van der Waals surface area contributed by atoms with Crippen LogP contribution >= 0.6 is 0 Å². The monoisotopic (exact) mass is 585 g/mol. The molecule has 1 N–H and O–H groups in total. The fourth-order valence-electron chi connectivity index (χ4n) is 4.97. The van der Waals surface area contributed by atoms with Crippen molar-refractivity contribution >= 4 is 38.3 Å². The van der Waals surface area contributed by atoms with Crippen LogP contribution in [-0.2, 0) is 32.6 Å². The van der Waals surface area contributed by atoms with E-state index in [1.54, 1.807) is 12.1 Å². The molecule has 0 saturated heterocycles. The van der Waals surface area contributed by atoms with Gasteiger partial charge in [0.1, 0.15) is 12.6 Å². The second kappa shape index (κ2) is 14.1. The summed E-state index contributed by atoms with van der Waals surface area (Å²) in [4.78, 5) is 29.5. The van der Waals surface area contributed by atoms with Gasteiger partial charge in [-0.15, -0.1) is 0 Å². The smallest absolute Gasteiger partial charge is 0.244 e. The maximum absolute atomic E-state index is 14.3. The van der Waals surface area contributed by atoms with Gasteiger partial charge >= 0.3 is 0 Å². The summed E-state index contributed by atoms with van der Waals surface area (Å²) in [5, 5.41) is 4.60. The van der Waals surface area contributed by atoms with Gasteiger partial charge in [-0.05, 0) is 35.9 Å². The average Bonchev–Trinajstić information content (AvgIpc) is 2.98. The zero-order chi connectivity index (χ0) is 30.1. The lowest BCUT2D eigenvalue weighted by Gasteiger charge is -2.33. The van der Waals surface area contributed by atoms with Crippen molar-refractivity contribution in [3.63, 3.8) is 0 Å². The summed E-state index contributed by atoms with van der Waals surface area (Å²) in [5.74, 6) is -0.718. The summed E-state index contributed by atoms with van der Waals surface area (Å²) < 4.78 is 27.5. The number of carbonyl (C=O) groups is 2. The van der Waals surface area contributed by atoms with E-state index in [1.165, 1.54) is 4.90 Å². The van der Waals surface area contributed by atoms with Crippen LogP contribution in [0.4, 0.5) is 5.69 Å². The predicted molar refractivity (Wildman–Crippen MR) is 170 cm³/mol. The Morgan fingerprint density at radius 2 is 1.50 bits per heavy atom. The van der Waals surface area contributed by atoms with Gasteiger partial charge in [-0.1, -0.05) is 110 Å². The highest BCUT2D eigenvalue weighted by atomic mass is 32.2. The summed E-state index contributed by atoms with van der Waals surface area (Å²) in [6, 6.07) is 29.4. The van der Waals surface area contributed by atoms with E-state index in [9.17, 15) is 18.0 Å². The molecule has 0 fully saturated rings. The van der Waals surface area contributed by atoms with Crippen LogP contribution in [0, 0.1) is 6.92 Å². The van der Waals surface area contributed by atoms with E-state index in [4.69, 9.17) is 0 Å². The lowest BCUT2D eigenvalue weighted by molar-refractivity contribution is -0.140. The number of carbonyl (C=O) groups excluding carboxylic acids is 2. The zero-order valence-electron chi connectivity index (χ0n) is 24.5.